The fraction of sp³-hybridized carbons (Fsp3) is 0.500. The molecule has 1 saturated carbocycles. The molecule has 3 heteroatoms. The number of anilines is 1. The lowest BCUT2D eigenvalue weighted by atomic mass is 9.74. The zero-order valence-electron chi connectivity index (χ0n) is 10.1. The van der Waals surface area contributed by atoms with Gasteiger partial charge in [-0.15, -0.1) is 0 Å². The van der Waals surface area contributed by atoms with Crippen molar-refractivity contribution < 1.29 is 9.53 Å². The van der Waals surface area contributed by atoms with Gasteiger partial charge in [-0.1, -0.05) is 0 Å². The molecule has 1 N–H and O–H groups in total. The first-order valence-electron chi connectivity index (χ1n) is 6.26. The van der Waals surface area contributed by atoms with E-state index < -0.39 is 0 Å². The summed E-state index contributed by atoms with van der Waals surface area (Å²) >= 11 is 0. The highest BCUT2D eigenvalue weighted by Gasteiger charge is 2.41. The highest BCUT2D eigenvalue weighted by atomic mass is 16.5. The van der Waals surface area contributed by atoms with Crippen LogP contribution in [-0.4, -0.2) is 11.5 Å². The van der Waals surface area contributed by atoms with Gasteiger partial charge in [-0.05, 0) is 55.9 Å². The van der Waals surface area contributed by atoms with Crippen LogP contribution in [0.4, 0.5) is 5.69 Å². The number of aryl methyl sites for hydroxylation is 1. The van der Waals surface area contributed by atoms with Crippen LogP contribution in [0.3, 0.4) is 0 Å². The third kappa shape index (κ3) is 1.90. The normalized spacial score (nSPS) is 20.1. The lowest BCUT2D eigenvalue weighted by Gasteiger charge is -2.45. The molecule has 1 aliphatic carbocycles. The largest absolute Gasteiger partial charge is 0.487 e. The average Bonchev–Trinajstić information content (AvgIpc) is 2.25. The molecule has 1 aromatic carbocycles. The maximum Gasteiger partial charge on any atom is 0.221 e. The fourth-order valence-corrected chi connectivity index (χ4v) is 2.73. The van der Waals surface area contributed by atoms with Gasteiger partial charge in [-0.3, -0.25) is 4.79 Å². The summed E-state index contributed by atoms with van der Waals surface area (Å²) in [5, 5.41) is 2.81. The second-order valence-electron chi connectivity index (χ2n) is 5.14. The van der Waals surface area contributed by atoms with Crippen LogP contribution in [0.5, 0.6) is 5.75 Å². The molecule has 0 aromatic heterocycles. The van der Waals surface area contributed by atoms with Gasteiger partial charge < -0.3 is 10.1 Å². The summed E-state index contributed by atoms with van der Waals surface area (Å²) in [7, 11) is 0. The summed E-state index contributed by atoms with van der Waals surface area (Å²) in [5.74, 6) is 0.974. The molecule has 1 aromatic rings. The molecule has 17 heavy (non-hydrogen) atoms. The predicted octanol–water partition coefficient (Wildman–Crippen LogP) is 2.89. The van der Waals surface area contributed by atoms with E-state index >= 15 is 0 Å². The molecule has 0 radical (unpaired) electrons. The monoisotopic (exact) mass is 231 g/mol. The van der Waals surface area contributed by atoms with E-state index in [1.165, 1.54) is 31.7 Å². The summed E-state index contributed by atoms with van der Waals surface area (Å²) < 4.78 is 6.10. The van der Waals surface area contributed by atoms with Crippen molar-refractivity contribution >= 4 is 11.6 Å². The number of fused-ring (bicyclic) bond motifs is 1. The minimum absolute atomic E-state index is 0.0304. The number of hydrogen-bond acceptors (Lipinski definition) is 2. The van der Waals surface area contributed by atoms with E-state index in [-0.39, 0.29) is 11.5 Å². The Bertz CT molecular complexity index is 463. The number of benzene rings is 1. The number of ether oxygens (including phenoxy) is 1. The first-order valence-corrected chi connectivity index (χ1v) is 6.26. The van der Waals surface area contributed by atoms with Crippen molar-refractivity contribution in [1.82, 2.24) is 0 Å². The molecule has 1 amide bonds. The third-order valence-electron chi connectivity index (χ3n) is 3.82. The molecular formula is C14H17NO2. The van der Waals surface area contributed by atoms with Crippen LogP contribution in [0, 0.1) is 0 Å². The Balaban J connectivity index is 1.83. The molecule has 3 nitrogen and oxygen atoms in total. The van der Waals surface area contributed by atoms with Crippen LogP contribution < -0.4 is 10.1 Å². The summed E-state index contributed by atoms with van der Waals surface area (Å²) in [6.07, 6.45) is 5.85. The van der Waals surface area contributed by atoms with E-state index in [1.807, 2.05) is 18.2 Å². The van der Waals surface area contributed by atoms with Crippen molar-refractivity contribution in [2.45, 2.75) is 44.6 Å². The van der Waals surface area contributed by atoms with Crippen molar-refractivity contribution in [3.8, 4) is 5.75 Å². The Morgan fingerprint density at radius 3 is 2.82 bits per heavy atom. The molecule has 0 atom stereocenters. The van der Waals surface area contributed by atoms with Gasteiger partial charge in [-0.25, -0.2) is 0 Å². The Morgan fingerprint density at radius 2 is 2.18 bits per heavy atom. The molecule has 0 saturated heterocycles. The highest BCUT2D eigenvalue weighted by Crippen LogP contribution is 2.45. The fourth-order valence-electron chi connectivity index (χ4n) is 2.73. The predicted molar refractivity (Wildman–Crippen MR) is 66.3 cm³/mol. The zero-order chi connectivity index (χ0) is 11.9. The SMILES string of the molecule is CC(=O)Nc1ccc2c(c1)CCC1(CCC1)O2. The average molecular weight is 231 g/mol. The Labute approximate surface area is 101 Å². The van der Waals surface area contributed by atoms with Crippen molar-refractivity contribution in [1.29, 1.82) is 0 Å². The van der Waals surface area contributed by atoms with Crippen molar-refractivity contribution in [3.63, 3.8) is 0 Å². The molecule has 90 valence electrons. The molecule has 0 bridgehead atoms. The number of hydrogen-bond donors (Lipinski definition) is 1. The molecular weight excluding hydrogens is 214 g/mol. The van der Waals surface area contributed by atoms with E-state index in [1.54, 1.807) is 0 Å². The van der Waals surface area contributed by atoms with E-state index in [9.17, 15) is 4.79 Å². The van der Waals surface area contributed by atoms with Crippen molar-refractivity contribution in [3.05, 3.63) is 23.8 Å². The second-order valence-corrected chi connectivity index (χ2v) is 5.14. The van der Waals surface area contributed by atoms with Gasteiger partial charge in [0.25, 0.3) is 0 Å². The maximum atomic E-state index is 11.0. The summed E-state index contributed by atoms with van der Waals surface area (Å²) in [6.45, 7) is 1.53. The summed E-state index contributed by atoms with van der Waals surface area (Å²) in [4.78, 5) is 11.0. The van der Waals surface area contributed by atoms with Gasteiger partial charge in [0.15, 0.2) is 0 Å². The number of amides is 1. The molecule has 1 spiro atoms. The molecule has 1 aliphatic heterocycles. The number of carbonyl (C=O) groups excluding carboxylic acids is 1. The Hall–Kier alpha value is -1.51. The molecule has 0 unspecified atom stereocenters. The standard InChI is InChI=1S/C14H17NO2/c1-10(16)15-12-3-4-13-11(9-12)5-8-14(17-13)6-2-7-14/h3-4,9H,2,5-8H2,1H3,(H,15,16). The Morgan fingerprint density at radius 1 is 1.35 bits per heavy atom. The van der Waals surface area contributed by atoms with Gasteiger partial charge in [0, 0.05) is 12.6 Å². The van der Waals surface area contributed by atoms with Crippen LogP contribution in [0.2, 0.25) is 0 Å². The smallest absolute Gasteiger partial charge is 0.221 e. The van der Waals surface area contributed by atoms with Gasteiger partial charge >= 0.3 is 0 Å². The molecule has 1 fully saturated rings. The van der Waals surface area contributed by atoms with E-state index in [0.29, 0.717) is 0 Å². The van der Waals surface area contributed by atoms with Crippen LogP contribution in [0.1, 0.15) is 38.2 Å². The lowest BCUT2D eigenvalue weighted by molar-refractivity contribution is -0.114. The van der Waals surface area contributed by atoms with E-state index in [2.05, 4.69) is 5.32 Å². The zero-order valence-corrected chi connectivity index (χ0v) is 10.1. The van der Waals surface area contributed by atoms with Gasteiger partial charge in [0.2, 0.25) is 5.91 Å². The van der Waals surface area contributed by atoms with E-state index in [4.69, 9.17) is 4.74 Å². The van der Waals surface area contributed by atoms with E-state index in [0.717, 1.165) is 24.3 Å². The maximum absolute atomic E-state index is 11.0. The van der Waals surface area contributed by atoms with Gasteiger partial charge in [-0.2, -0.15) is 0 Å². The Kier molecular flexibility index (Phi) is 2.35. The number of carbonyl (C=O) groups is 1. The lowest BCUT2D eigenvalue weighted by Crippen LogP contribution is -2.45. The second kappa shape index (κ2) is 3.76. The summed E-state index contributed by atoms with van der Waals surface area (Å²) in [5.41, 5.74) is 2.22. The first kappa shape index (κ1) is 10.6. The highest BCUT2D eigenvalue weighted by molar-refractivity contribution is 5.88. The van der Waals surface area contributed by atoms with Crippen LogP contribution in [0.15, 0.2) is 18.2 Å². The van der Waals surface area contributed by atoms with Gasteiger partial charge in [0.05, 0.1) is 0 Å². The van der Waals surface area contributed by atoms with Gasteiger partial charge in [0.1, 0.15) is 11.4 Å². The first-order chi connectivity index (χ1) is 8.17. The minimum Gasteiger partial charge on any atom is -0.487 e. The minimum atomic E-state index is -0.0304. The van der Waals surface area contributed by atoms with Crippen LogP contribution in [0.25, 0.3) is 0 Å². The number of nitrogens with one attached hydrogen (secondary N) is 1. The summed E-state index contributed by atoms with van der Waals surface area (Å²) in [6, 6.07) is 5.93. The van der Waals surface area contributed by atoms with Crippen molar-refractivity contribution in [2.75, 3.05) is 5.32 Å². The molecule has 1 heterocycles. The van der Waals surface area contributed by atoms with Crippen molar-refractivity contribution in [2.24, 2.45) is 0 Å². The van der Waals surface area contributed by atoms with Crippen LogP contribution in [-0.2, 0) is 11.2 Å². The molecule has 2 aliphatic rings. The van der Waals surface area contributed by atoms with Crippen LogP contribution >= 0.6 is 0 Å². The quantitative estimate of drug-likeness (QED) is 0.807. The number of rotatable bonds is 1. The third-order valence-corrected chi connectivity index (χ3v) is 3.82. The molecule has 3 rings (SSSR count). The topological polar surface area (TPSA) is 38.3 Å².